The molecule has 2 aromatic carbocycles. The van der Waals surface area contributed by atoms with Crippen molar-refractivity contribution in [2.75, 3.05) is 19.0 Å². The highest BCUT2D eigenvalue weighted by atomic mass is 16.5. The molecule has 3 rings (SSSR count). The topological polar surface area (TPSA) is 111 Å². The summed E-state index contributed by atoms with van der Waals surface area (Å²) in [6.45, 7) is 1.45. The Morgan fingerprint density at radius 1 is 1.00 bits per heavy atom. The van der Waals surface area contributed by atoms with Crippen molar-refractivity contribution in [3.63, 3.8) is 0 Å². The van der Waals surface area contributed by atoms with E-state index in [4.69, 9.17) is 4.42 Å². The van der Waals surface area contributed by atoms with Crippen LogP contribution in [-0.2, 0) is 9.53 Å². The first-order valence-electron chi connectivity index (χ1n) is 8.77. The standard InChI is InChI=1S/C21H19N3O5/c1-13-18(24-21(29-13)15-6-4-3-5-7-15)20(27)23-16-10-8-14(9-11-16)19(26)22-12-17(25)28-2/h3-11H,12H2,1-2H3,(H,22,26)(H,23,27). The molecule has 0 aliphatic carbocycles. The Balaban J connectivity index is 1.66. The Kier molecular flexibility index (Phi) is 6.03. The van der Waals surface area contributed by atoms with E-state index in [1.165, 1.54) is 19.2 Å². The average molecular weight is 393 g/mol. The zero-order valence-electron chi connectivity index (χ0n) is 15.9. The number of ether oxygens (including phenoxy) is 1. The summed E-state index contributed by atoms with van der Waals surface area (Å²) in [6, 6.07) is 15.5. The Labute approximate surface area is 166 Å². The van der Waals surface area contributed by atoms with Crippen LogP contribution in [0.4, 0.5) is 5.69 Å². The molecular weight excluding hydrogens is 374 g/mol. The second-order valence-electron chi connectivity index (χ2n) is 6.08. The van der Waals surface area contributed by atoms with Crippen LogP contribution in [0.25, 0.3) is 11.5 Å². The molecule has 0 spiro atoms. The summed E-state index contributed by atoms with van der Waals surface area (Å²) in [6.07, 6.45) is 0. The molecule has 8 nitrogen and oxygen atoms in total. The van der Waals surface area contributed by atoms with E-state index < -0.39 is 17.8 Å². The van der Waals surface area contributed by atoms with Gasteiger partial charge in [-0.25, -0.2) is 4.98 Å². The van der Waals surface area contributed by atoms with Crippen LogP contribution in [0.15, 0.2) is 59.0 Å². The minimum absolute atomic E-state index is 0.184. The normalized spacial score (nSPS) is 10.3. The number of benzene rings is 2. The highest BCUT2D eigenvalue weighted by molar-refractivity contribution is 6.04. The van der Waals surface area contributed by atoms with E-state index in [1.807, 2.05) is 30.3 Å². The Hall–Kier alpha value is -3.94. The summed E-state index contributed by atoms with van der Waals surface area (Å²) in [5.41, 5.74) is 1.79. The van der Waals surface area contributed by atoms with Crippen LogP contribution >= 0.6 is 0 Å². The number of anilines is 1. The highest BCUT2D eigenvalue weighted by Crippen LogP contribution is 2.22. The first-order valence-corrected chi connectivity index (χ1v) is 8.77. The molecule has 148 valence electrons. The highest BCUT2D eigenvalue weighted by Gasteiger charge is 2.18. The number of aromatic nitrogens is 1. The van der Waals surface area contributed by atoms with Crippen molar-refractivity contribution in [3.05, 3.63) is 71.6 Å². The third kappa shape index (κ3) is 4.86. The summed E-state index contributed by atoms with van der Waals surface area (Å²) in [7, 11) is 1.24. The second-order valence-corrected chi connectivity index (χ2v) is 6.08. The van der Waals surface area contributed by atoms with Crippen molar-refractivity contribution >= 4 is 23.5 Å². The molecule has 1 heterocycles. The van der Waals surface area contributed by atoms with Crippen LogP contribution < -0.4 is 10.6 Å². The van der Waals surface area contributed by atoms with E-state index in [1.54, 1.807) is 19.1 Å². The van der Waals surface area contributed by atoms with Gasteiger partial charge in [0, 0.05) is 16.8 Å². The molecule has 0 saturated heterocycles. The summed E-state index contributed by atoms with van der Waals surface area (Å²) < 4.78 is 10.1. The van der Waals surface area contributed by atoms with Crippen LogP contribution in [0.3, 0.4) is 0 Å². The number of rotatable bonds is 6. The maximum atomic E-state index is 12.5. The quantitative estimate of drug-likeness (QED) is 0.623. The van der Waals surface area contributed by atoms with Crippen LogP contribution in [-0.4, -0.2) is 36.4 Å². The Morgan fingerprint density at radius 3 is 2.34 bits per heavy atom. The van der Waals surface area contributed by atoms with Gasteiger partial charge in [0.25, 0.3) is 11.8 Å². The maximum Gasteiger partial charge on any atom is 0.325 e. The molecule has 29 heavy (non-hydrogen) atoms. The van der Waals surface area contributed by atoms with Crippen LogP contribution in [0.5, 0.6) is 0 Å². The number of nitrogens with one attached hydrogen (secondary N) is 2. The van der Waals surface area contributed by atoms with Crippen LogP contribution in [0, 0.1) is 6.92 Å². The largest absolute Gasteiger partial charge is 0.468 e. The first-order chi connectivity index (χ1) is 14.0. The van der Waals surface area contributed by atoms with Gasteiger partial charge in [-0.15, -0.1) is 0 Å². The number of amides is 2. The van der Waals surface area contributed by atoms with Crippen molar-refractivity contribution in [2.45, 2.75) is 6.92 Å². The van der Waals surface area contributed by atoms with Crippen LogP contribution in [0.2, 0.25) is 0 Å². The second kappa shape index (κ2) is 8.83. The fraction of sp³-hybridized carbons (Fsp3) is 0.143. The van der Waals surface area contributed by atoms with Crippen molar-refractivity contribution in [2.24, 2.45) is 0 Å². The number of esters is 1. The smallest absolute Gasteiger partial charge is 0.325 e. The first kappa shape index (κ1) is 19.8. The molecule has 0 atom stereocenters. The molecule has 1 aromatic heterocycles. The summed E-state index contributed by atoms with van der Waals surface area (Å²) in [5, 5.41) is 5.16. The van der Waals surface area contributed by atoms with Gasteiger partial charge in [-0.2, -0.15) is 0 Å². The zero-order valence-corrected chi connectivity index (χ0v) is 15.9. The number of hydrogen-bond acceptors (Lipinski definition) is 6. The lowest BCUT2D eigenvalue weighted by Gasteiger charge is -2.06. The molecule has 0 unspecified atom stereocenters. The molecule has 0 fully saturated rings. The predicted molar refractivity (Wildman–Crippen MR) is 105 cm³/mol. The predicted octanol–water partition coefficient (Wildman–Crippen LogP) is 2.81. The van der Waals surface area contributed by atoms with Gasteiger partial charge < -0.3 is 19.8 Å². The van der Waals surface area contributed by atoms with Crippen molar-refractivity contribution < 1.29 is 23.5 Å². The number of methoxy groups -OCH3 is 1. The average Bonchev–Trinajstić information content (AvgIpc) is 3.14. The summed E-state index contributed by atoms with van der Waals surface area (Å²) in [5.74, 6) is -0.615. The molecule has 8 heteroatoms. The molecule has 0 aliphatic rings. The van der Waals surface area contributed by atoms with Gasteiger partial charge in [-0.3, -0.25) is 14.4 Å². The molecule has 0 radical (unpaired) electrons. The van der Waals surface area contributed by atoms with E-state index in [2.05, 4.69) is 20.4 Å². The van der Waals surface area contributed by atoms with Gasteiger partial charge in [-0.05, 0) is 43.3 Å². The maximum absolute atomic E-state index is 12.5. The van der Waals surface area contributed by atoms with Crippen LogP contribution in [0.1, 0.15) is 26.6 Å². The van der Waals surface area contributed by atoms with Gasteiger partial charge in [-0.1, -0.05) is 18.2 Å². The minimum Gasteiger partial charge on any atom is -0.468 e. The summed E-state index contributed by atoms with van der Waals surface area (Å²) >= 11 is 0. The number of aryl methyl sites for hydroxylation is 1. The molecule has 0 bridgehead atoms. The number of carbonyl (C=O) groups is 3. The lowest BCUT2D eigenvalue weighted by molar-refractivity contribution is -0.139. The van der Waals surface area contributed by atoms with E-state index in [9.17, 15) is 14.4 Å². The van der Waals surface area contributed by atoms with E-state index >= 15 is 0 Å². The number of nitrogens with zero attached hydrogens (tertiary/aromatic N) is 1. The number of oxazole rings is 1. The van der Waals surface area contributed by atoms with Gasteiger partial charge in [0.2, 0.25) is 5.89 Å². The molecular formula is C21H19N3O5. The summed E-state index contributed by atoms with van der Waals surface area (Å²) in [4.78, 5) is 39.9. The fourth-order valence-corrected chi connectivity index (χ4v) is 2.53. The van der Waals surface area contributed by atoms with Crippen molar-refractivity contribution in [1.82, 2.24) is 10.3 Å². The molecule has 0 saturated carbocycles. The third-order valence-electron chi connectivity index (χ3n) is 4.06. The van der Waals surface area contributed by atoms with Gasteiger partial charge >= 0.3 is 5.97 Å². The molecule has 2 N–H and O–H groups in total. The Morgan fingerprint density at radius 2 is 1.69 bits per heavy atom. The fourth-order valence-electron chi connectivity index (χ4n) is 2.53. The van der Waals surface area contributed by atoms with E-state index in [0.29, 0.717) is 22.9 Å². The van der Waals surface area contributed by atoms with Gasteiger partial charge in [0.15, 0.2) is 5.69 Å². The van der Waals surface area contributed by atoms with Gasteiger partial charge in [0.05, 0.1) is 7.11 Å². The van der Waals surface area contributed by atoms with Crippen molar-refractivity contribution in [1.29, 1.82) is 0 Å². The Bertz CT molecular complexity index is 1030. The number of hydrogen-bond donors (Lipinski definition) is 2. The molecule has 3 aromatic rings. The lowest BCUT2D eigenvalue weighted by atomic mass is 10.2. The van der Waals surface area contributed by atoms with E-state index in [-0.39, 0.29) is 12.2 Å². The monoisotopic (exact) mass is 393 g/mol. The van der Waals surface area contributed by atoms with Gasteiger partial charge in [0.1, 0.15) is 12.3 Å². The lowest BCUT2D eigenvalue weighted by Crippen LogP contribution is -2.30. The molecule has 0 aliphatic heterocycles. The van der Waals surface area contributed by atoms with E-state index in [0.717, 1.165) is 5.56 Å². The zero-order chi connectivity index (χ0) is 20.8. The minimum atomic E-state index is -0.542. The number of carbonyl (C=O) groups excluding carboxylic acids is 3. The SMILES string of the molecule is COC(=O)CNC(=O)c1ccc(NC(=O)c2nc(-c3ccccc3)oc2C)cc1. The molecule has 2 amide bonds. The van der Waals surface area contributed by atoms with Crippen molar-refractivity contribution in [3.8, 4) is 11.5 Å². The third-order valence-corrected chi connectivity index (χ3v) is 4.06.